The summed E-state index contributed by atoms with van der Waals surface area (Å²) in [5.74, 6) is 0. The van der Waals surface area contributed by atoms with Crippen molar-refractivity contribution in [3.05, 3.63) is 46.4 Å². The number of hydrogen-bond donors (Lipinski definition) is 1. The molecule has 126 valence electrons. The number of fused-ring (bicyclic) bond motifs is 1. The van der Waals surface area contributed by atoms with Crippen molar-refractivity contribution < 1.29 is 5.11 Å². The van der Waals surface area contributed by atoms with E-state index in [0.717, 1.165) is 28.5 Å². The van der Waals surface area contributed by atoms with Gasteiger partial charge in [-0.05, 0) is 42.8 Å². The normalized spacial score (nSPS) is 12.9. The van der Waals surface area contributed by atoms with Crippen LogP contribution in [0.15, 0.2) is 40.9 Å². The monoisotopic (exact) mass is 377 g/mol. The third-order valence-corrected chi connectivity index (χ3v) is 5.03. The summed E-state index contributed by atoms with van der Waals surface area (Å²) < 4.78 is 0.995. The van der Waals surface area contributed by atoms with Crippen molar-refractivity contribution >= 4 is 26.7 Å². The van der Waals surface area contributed by atoms with Gasteiger partial charge in [0.1, 0.15) is 0 Å². The molecule has 1 N–H and O–H groups in total. The van der Waals surface area contributed by atoms with Gasteiger partial charge in [-0.2, -0.15) is 0 Å². The highest BCUT2D eigenvalue weighted by atomic mass is 79.9. The second-order valence-corrected chi connectivity index (χ2v) is 7.06. The molecule has 2 aromatic carbocycles. The molecular weight excluding hydrogens is 350 g/mol. The van der Waals surface area contributed by atoms with Gasteiger partial charge in [-0.3, -0.25) is 0 Å². The van der Waals surface area contributed by atoms with Gasteiger partial charge in [-0.1, -0.05) is 73.0 Å². The molecule has 0 aliphatic heterocycles. The van der Waals surface area contributed by atoms with Crippen molar-refractivity contribution in [1.29, 1.82) is 0 Å². The van der Waals surface area contributed by atoms with Crippen molar-refractivity contribution in [2.75, 3.05) is 19.6 Å². The van der Waals surface area contributed by atoms with Crippen LogP contribution < -0.4 is 0 Å². The largest absolute Gasteiger partial charge is 0.387 e. The Hall–Kier alpha value is -0.900. The quantitative estimate of drug-likeness (QED) is 0.620. The zero-order valence-electron chi connectivity index (χ0n) is 14.3. The van der Waals surface area contributed by atoms with E-state index in [1.807, 2.05) is 18.2 Å². The highest BCUT2D eigenvalue weighted by molar-refractivity contribution is 9.10. The van der Waals surface area contributed by atoms with E-state index in [-0.39, 0.29) is 0 Å². The minimum Gasteiger partial charge on any atom is -0.387 e. The number of unbranched alkanes of at least 4 members (excludes halogenated alkanes) is 2. The fourth-order valence-corrected chi connectivity index (χ4v) is 3.61. The maximum Gasteiger partial charge on any atom is 0.0933 e. The van der Waals surface area contributed by atoms with Gasteiger partial charge in [0.05, 0.1) is 6.10 Å². The lowest BCUT2D eigenvalue weighted by Crippen LogP contribution is -2.31. The van der Waals surface area contributed by atoms with Crippen LogP contribution in [0, 0.1) is 0 Å². The Kier molecular flexibility index (Phi) is 7.54. The van der Waals surface area contributed by atoms with E-state index in [1.54, 1.807) is 0 Å². The van der Waals surface area contributed by atoms with E-state index < -0.39 is 6.10 Å². The first-order valence-electron chi connectivity index (χ1n) is 8.75. The van der Waals surface area contributed by atoms with E-state index in [0.29, 0.717) is 6.54 Å². The minimum absolute atomic E-state index is 0.468. The second-order valence-electron chi connectivity index (χ2n) is 6.21. The number of halogens is 1. The standard InChI is InChI=1S/C20H28BrNO/c1-3-5-13-22(14-6-4-2)15-19(23)20-17-10-8-7-9-16(17)11-12-18(20)21/h7-12,19,23H,3-6,13-15H2,1-2H3. The predicted molar refractivity (Wildman–Crippen MR) is 103 cm³/mol. The van der Waals surface area contributed by atoms with Crippen LogP contribution in [0.1, 0.15) is 51.2 Å². The van der Waals surface area contributed by atoms with Gasteiger partial charge in [0.25, 0.3) is 0 Å². The maximum absolute atomic E-state index is 10.9. The van der Waals surface area contributed by atoms with Crippen LogP contribution >= 0.6 is 15.9 Å². The van der Waals surface area contributed by atoms with Crippen molar-refractivity contribution in [2.24, 2.45) is 0 Å². The molecule has 2 nitrogen and oxygen atoms in total. The summed E-state index contributed by atoms with van der Waals surface area (Å²) in [4.78, 5) is 2.41. The summed E-state index contributed by atoms with van der Waals surface area (Å²) in [6, 6.07) is 12.4. The Balaban J connectivity index is 2.20. The SMILES string of the molecule is CCCCN(CCCC)CC(O)c1c(Br)ccc2ccccc12. The maximum atomic E-state index is 10.9. The number of rotatable bonds is 9. The van der Waals surface area contributed by atoms with Crippen molar-refractivity contribution in [3.8, 4) is 0 Å². The van der Waals surface area contributed by atoms with Gasteiger partial charge in [-0.15, -0.1) is 0 Å². The van der Waals surface area contributed by atoms with Crippen molar-refractivity contribution in [1.82, 2.24) is 4.90 Å². The summed E-state index contributed by atoms with van der Waals surface area (Å²) >= 11 is 3.63. The third kappa shape index (κ3) is 5.03. The summed E-state index contributed by atoms with van der Waals surface area (Å²) in [5.41, 5.74) is 1.01. The molecule has 0 fully saturated rings. The number of aliphatic hydroxyl groups excluding tert-OH is 1. The molecule has 1 atom stereocenters. The Morgan fingerprint density at radius 1 is 1.00 bits per heavy atom. The molecule has 0 aliphatic rings. The fraction of sp³-hybridized carbons (Fsp3) is 0.500. The fourth-order valence-electron chi connectivity index (χ4n) is 3.00. The molecule has 0 amide bonds. The van der Waals surface area contributed by atoms with Crippen LogP contribution in [0.4, 0.5) is 0 Å². The first-order valence-corrected chi connectivity index (χ1v) is 9.54. The third-order valence-electron chi connectivity index (χ3n) is 4.34. The van der Waals surface area contributed by atoms with Crippen LogP contribution in [0.2, 0.25) is 0 Å². The Morgan fingerprint density at radius 3 is 2.30 bits per heavy atom. The average molecular weight is 378 g/mol. The lowest BCUT2D eigenvalue weighted by atomic mass is 10.00. The van der Waals surface area contributed by atoms with Gasteiger partial charge >= 0.3 is 0 Å². The number of aliphatic hydroxyl groups is 1. The number of nitrogens with zero attached hydrogens (tertiary/aromatic N) is 1. The summed E-state index contributed by atoms with van der Waals surface area (Å²) in [6.45, 7) is 7.27. The Morgan fingerprint density at radius 2 is 1.65 bits per heavy atom. The van der Waals surface area contributed by atoms with Crippen LogP contribution in [-0.2, 0) is 0 Å². The highest BCUT2D eigenvalue weighted by Gasteiger charge is 2.18. The van der Waals surface area contributed by atoms with Crippen LogP contribution in [-0.4, -0.2) is 29.6 Å². The van der Waals surface area contributed by atoms with Crippen molar-refractivity contribution in [3.63, 3.8) is 0 Å². The number of hydrogen-bond acceptors (Lipinski definition) is 2. The molecule has 2 aromatic rings. The molecule has 0 saturated heterocycles. The molecular formula is C20H28BrNO. The Bertz CT molecular complexity index is 606. The molecule has 0 aliphatic carbocycles. The van der Waals surface area contributed by atoms with E-state index in [9.17, 15) is 5.11 Å². The molecule has 0 aromatic heterocycles. The molecule has 0 heterocycles. The van der Waals surface area contributed by atoms with E-state index in [4.69, 9.17) is 0 Å². The van der Waals surface area contributed by atoms with E-state index in [1.165, 1.54) is 31.1 Å². The first-order chi connectivity index (χ1) is 11.2. The molecule has 0 saturated carbocycles. The first kappa shape index (κ1) is 18.4. The molecule has 0 spiro atoms. The highest BCUT2D eigenvalue weighted by Crippen LogP contribution is 2.32. The lowest BCUT2D eigenvalue weighted by Gasteiger charge is -2.26. The molecule has 0 bridgehead atoms. The van der Waals surface area contributed by atoms with Crippen LogP contribution in [0.5, 0.6) is 0 Å². The Labute approximate surface area is 148 Å². The van der Waals surface area contributed by atoms with Gasteiger partial charge in [-0.25, -0.2) is 0 Å². The topological polar surface area (TPSA) is 23.5 Å². The summed E-state index contributed by atoms with van der Waals surface area (Å²) in [5, 5.41) is 13.2. The van der Waals surface area contributed by atoms with E-state index in [2.05, 4.69) is 52.9 Å². The summed E-state index contributed by atoms with van der Waals surface area (Å²) in [7, 11) is 0. The average Bonchev–Trinajstić information content (AvgIpc) is 2.56. The molecule has 2 rings (SSSR count). The van der Waals surface area contributed by atoms with Gasteiger partial charge in [0, 0.05) is 16.6 Å². The second kappa shape index (κ2) is 9.41. The van der Waals surface area contributed by atoms with Gasteiger partial charge in [0.2, 0.25) is 0 Å². The van der Waals surface area contributed by atoms with Gasteiger partial charge in [0.15, 0.2) is 0 Å². The minimum atomic E-state index is -0.468. The molecule has 3 heteroatoms. The lowest BCUT2D eigenvalue weighted by molar-refractivity contribution is 0.111. The number of benzene rings is 2. The smallest absolute Gasteiger partial charge is 0.0933 e. The van der Waals surface area contributed by atoms with E-state index >= 15 is 0 Å². The zero-order chi connectivity index (χ0) is 16.7. The van der Waals surface area contributed by atoms with Crippen molar-refractivity contribution in [2.45, 2.75) is 45.6 Å². The molecule has 0 radical (unpaired) electrons. The zero-order valence-corrected chi connectivity index (χ0v) is 15.8. The predicted octanol–water partition coefficient (Wildman–Crippen LogP) is 5.54. The molecule has 23 heavy (non-hydrogen) atoms. The molecule has 1 unspecified atom stereocenters. The van der Waals surface area contributed by atoms with Crippen LogP contribution in [0.3, 0.4) is 0 Å². The van der Waals surface area contributed by atoms with Gasteiger partial charge < -0.3 is 10.0 Å². The van der Waals surface area contributed by atoms with Crippen LogP contribution in [0.25, 0.3) is 10.8 Å². The summed E-state index contributed by atoms with van der Waals surface area (Å²) in [6.07, 6.45) is 4.29.